The average Bonchev–Trinajstić information content (AvgIpc) is 2.63. The van der Waals surface area contributed by atoms with E-state index in [9.17, 15) is 8.42 Å². The van der Waals surface area contributed by atoms with Crippen molar-refractivity contribution in [3.8, 4) is 11.6 Å². The van der Waals surface area contributed by atoms with E-state index in [1.54, 1.807) is 36.7 Å². The second-order valence-corrected chi connectivity index (χ2v) is 7.57. The molecule has 1 unspecified atom stereocenters. The van der Waals surface area contributed by atoms with Gasteiger partial charge in [0.2, 0.25) is 15.9 Å². The quantitative estimate of drug-likeness (QED) is 0.782. The maximum atomic E-state index is 13.0. The van der Waals surface area contributed by atoms with Crippen LogP contribution in [0.3, 0.4) is 0 Å². The first-order chi connectivity index (χ1) is 12.1. The molecule has 1 aromatic heterocycles. The van der Waals surface area contributed by atoms with E-state index in [0.29, 0.717) is 24.8 Å². The van der Waals surface area contributed by atoms with Crippen LogP contribution in [0.5, 0.6) is 11.6 Å². The maximum Gasteiger partial charge on any atom is 0.246 e. The minimum Gasteiger partial charge on any atom is -0.492 e. The number of rotatable bonds is 6. The molecule has 8 heteroatoms. The van der Waals surface area contributed by atoms with Crippen LogP contribution in [0.25, 0.3) is 0 Å². The molecule has 1 saturated heterocycles. The number of ether oxygens (including phenoxy) is 2. The Balaban J connectivity index is 1.78. The molecular formula is C17H21N3O4S. The molecule has 1 aromatic carbocycles. The third-order valence-electron chi connectivity index (χ3n) is 3.93. The minimum atomic E-state index is -3.65. The second kappa shape index (κ2) is 7.79. The molecular weight excluding hydrogens is 342 g/mol. The summed E-state index contributed by atoms with van der Waals surface area (Å²) >= 11 is 0. The fraction of sp³-hybridized carbons (Fsp3) is 0.412. The van der Waals surface area contributed by atoms with Gasteiger partial charge >= 0.3 is 0 Å². The van der Waals surface area contributed by atoms with Gasteiger partial charge in [-0.3, -0.25) is 4.98 Å². The first kappa shape index (κ1) is 17.6. The van der Waals surface area contributed by atoms with Crippen molar-refractivity contribution in [1.29, 1.82) is 0 Å². The zero-order chi connectivity index (χ0) is 17.7. The number of hydrogen-bond acceptors (Lipinski definition) is 6. The van der Waals surface area contributed by atoms with Gasteiger partial charge in [-0.05, 0) is 31.9 Å². The van der Waals surface area contributed by atoms with Crippen molar-refractivity contribution in [1.82, 2.24) is 14.3 Å². The number of aromatic nitrogens is 2. The molecule has 0 aliphatic carbocycles. The fourth-order valence-electron chi connectivity index (χ4n) is 2.81. The molecule has 1 fully saturated rings. The highest BCUT2D eigenvalue weighted by atomic mass is 32.2. The average molecular weight is 363 g/mol. The monoisotopic (exact) mass is 363 g/mol. The van der Waals surface area contributed by atoms with Gasteiger partial charge in [0.05, 0.1) is 19.3 Å². The minimum absolute atomic E-state index is 0.192. The smallest absolute Gasteiger partial charge is 0.246 e. The SMILES string of the molecule is CCOc1ccccc1S(=O)(=O)N1CCCC(Oc2cnccn2)C1. The lowest BCUT2D eigenvalue weighted by molar-refractivity contribution is 0.124. The van der Waals surface area contributed by atoms with Crippen molar-refractivity contribution in [2.75, 3.05) is 19.7 Å². The van der Waals surface area contributed by atoms with Crippen LogP contribution in [0.2, 0.25) is 0 Å². The molecule has 0 amide bonds. The van der Waals surface area contributed by atoms with E-state index in [4.69, 9.17) is 9.47 Å². The zero-order valence-electron chi connectivity index (χ0n) is 14.0. The highest BCUT2D eigenvalue weighted by Gasteiger charge is 2.33. The zero-order valence-corrected chi connectivity index (χ0v) is 14.9. The Morgan fingerprint density at radius 1 is 1.28 bits per heavy atom. The van der Waals surface area contributed by atoms with Gasteiger partial charge in [-0.1, -0.05) is 12.1 Å². The van der Waals surface area contributed by atoms with Crippen molar-refractivity contribution in [2.45, 2.75) is 30.8 Å². The van der Waals surface area contributed by atoms with Crippen LogP contribution in [0.1, 0.15) is 19.8 Å². The number of sulfonamides is 1. The van der Waals surface area contributed by atoms with Crippen LogP contribution in [-0.4, -0.2) is 48.5 Å². The van der Waals surface area contributed by atoms with Gasteiger partial charge < -0.3 is 9.47 Å². The van der Waals surface area contributed by atoms with Gasteiger partial charge in [0.25, 0.3) is 0 Å². The topological polar surface area (TPSA) is 81.6 Å². The van der Waals surface area contributed by atoms with E-state index in [0.717, 1.165) is 12.8 Å². The lowest BCUT2D eigenvalue weighted by Gasteiger charge is -2.32. The summed E-state index contributed by atoms with van der Waals surface area (Å²) in [6.07, 6.45) is 5.88. The number of benzene rings is 1. The predicted molar refractivity (Wildman–Crippen MR) is 92.1 cm³/mol. The van der Waals surface area contributed by atoms with E-state index in [-0.39, 0.29) is 17.5 Å². The molecule has 25 heavy (non-hydrogen) atoms. The largest absolute Gasteiger partial charge is 0.492 e. The molecule has 7 nitrogen and oxygen atoms in total. The first-order valence-corrected chi connectivity index (χ1v) is 9.70. The molecule has 0 radical (unpaired) electrons. The summed E-state index contributed by atoms with van der Waals surface area (Å²) in [5, 5.41) is 0. The second-order valence-electron chi connectivity index (χ2n) is 5.67. The molecule has 3 rings (SSSR count). The van der Waals surface area contributed by atoms with E-state index in [1.807, 2.05) is 6.92 Å². The van der Waals surface area contributed by atoms with E-state index < -0.39 is 10.0 Å². The third-order valence-corrected chi connectivity index (χ3v) is 5.84. The van der Waals surface area contributed by atoms with Crippen LogP contribution in [-0.2, 0) is 10.0 Å². The third kappa shape index (κ3) is 4.08. The summed E-state index contributed by atoms with van der Waals surface area (Å²) in [5.41, 5.74) is 0. The van der Waals surface area contributed by atoms with Crippen LogP contribution in [0.4, 0.5) is 0 Å². The van der Waals surface area contributed by atoms with Crippen LogP contribution in [0, 0.1) is 0 Å². The predicted octanol–water partition coefficient (Wildman–Crippen LogP) is 2.11. The summed E-state index contributed by atoms with van der Waals surface area (Å²) in [7, 11) is -3.65. The molecule has 0 saturated carbocycles. The number of hydrogen-bond donors (Lipinski definition) is 0. The maximum absolute atomic E-state index is 13.0. The summed E-state index contributed by atoms with van der Waals surface area (Å²) < 4.78 is 38.8. The first-order valence-electron chi connectivity index (χ1n) is 8.26. The van der Waals surface area contributed by atoms with Crippen molar-refractivity contribution >= 4 is 10.0 Å². The Labute approximate surface area is 147 Å². The molecule has 0 bridgehead atoms. The highest BCUT2D eigenvalue weighted by Crippen LogP contribution is 2.29. The molecule has 2 aromatic rings. The number of para-hydroxylation sites is 1. The van der Waals surface area contributed by atoms with E-state index in [1.165, 1.54) is 10.5 Å². The van der Waals surface area contributed by atoms with E-state index in [2.05, 4.69) is 9.97 Å². The molecule has 0 spiro atoms. The summed E-state index contributed by atoms with van der Waals surface area (Å²) in [6, 6.07) is 6.72. The summed E-state index contributed by atoms with van der Waals surface area (Å²) in [5.74, 6) is 0.781. The number of nitrogens with zero attached hydrogens (tertiary/aromatic N) is 3. The van der Waals surface area contributed by atoms with Gasteiger partial charge in [0.15, 0.2) is 0 Å². The van der Waals surface area contributed by atoms with Gasteiger partial charge in [-0.15, -0.1) is 0 Å². The normalized spacial score (nSPS) is 18.7. The van der Waals surface area contributed by atoms with Gasteiger partial charge in [0.1, 0.15) is 16.7 Å². The fourth-order valence-corrected chi connectivity index (χ4v) is 4.46. The van der Waals surface area contributed by atoms with Gasteiger partial charge in [0, 0.05) is 18.9 Å². The highest BCUT2D eigenvalue weighted by molar-refractivity contribution is 7.89. The van der Waals surface area contributed by atoms with Crippen LogP contribution < -0.4 is 9.47 Å². The Kier molecular flexibility index (Phi) is 5.50. The Hall–Kier alpha value is -2.19. The van der Waals surface area contributed by atoms with Crippen LogP contribution in [0.15, 0.2) is 47.8 Å². The summed E-state index contributed by atoms with van der Waals surface area (Å²) in [6.45, 7) is 2.97. The van der Waals surface area contributed by atoms with Crippen molar-refractivity contribution < 1.29 is 17.9 Å². The van der Waals surface area contributed by atoms with Gasteiger partial charge in [-0.25, -0.2) is 13.4 Å². The molecule has 0 N–H and O–H groups in total. The Bertz CT molecular complexity index is 799. The Morgan fingerprint density at radius 2 is 2.12 bits per heavy atom. The Morgan fingerprint density at radius 3 is 2.88 bits per heavy atom. The van der Waals surface area contributed by atoms with Crippen molar-refractivity contribution in [2.24, 2.45) is 0 Å². The molecule has 1 aliphatic heterocycles. The summed E-state index contributed by atoms with van der Waals surface area (Å²) in [4.78, 5) is 8.24. The van der Waals surface area contributed by atoms with Gasteiger partial charge in [-0.2, -0.15) is 4.31 Å². The molecule has 1 atom stereocenters. The lowest BCUT2D eigenvalue weighted by atomic mass is 10.1. The molecule has 1 aliphatic rings. The van der Waals surface area contributed by atoms with Crippen molar-refractivity contribution in [3.63, 3.8) is 0 Å². The van der Waals surface area contributed by atoms with Crippen molar-refractivity contribution in [3.05, 3.63) is 42.9 Å². The standard InChI is InChI=1S/C17H21N3O4S/c1-2-23-15-7-3-4-8-16(15)25(21,22)20-11-5-6-14(13-20)24-17-12-18-9-10-19-17/h3-4,7-10,12,14H,2,5-6,11,13H2,1H3. The molecule has 134 valence electrons. The van der Waals surface area contributed by atoms with E-state index >= 15 is 0 Å². The van der Waals surface area contributed by atoms with Crippen LogP contribution >= 0.6 is 0 Å². The molecule has 2 heterocycles. The lowest BCUT2D eigenvalue weighted by Crippen LogP contribution is -2.44. The number of piperidine rings is 1.